The van der Waals surface area contributed by atoms with Crippen molar-refractivity contribution < 1.29 is 23.9 Å². The van der Waals surface area contributed by atoms with Gasteiger partial charge in [0.15, 0.2) is 30.1 Å². The Morgan fingerprint density at radius 2 is 2.23 bits per heavy atom. The van der Waals surface area contributed by atoms with E-state index >= 15 is 0 Å². The molecule has 3 aliphatic heterocycles. The molecule has 0 amide bonds. The van der Waals surface area contributed by atoms with Crippen LogP contribution in [0.4, 0.5) is 0 Å². The Balaban J connectivity index is 1.64. The molecule has 2 fully saturated rings. The minimum Gasteiger partial charge on any atom is -0.504 e. The number of Topliss-reactive ketones (excluding diaryl/α,β-unsaturated/α-hetero) is 1. The number of nitrogens with zero attached hydrogens (tertiary/aromatic N) is 1. The summed E-state index contributed by atoms with van der Waals surface area (Å²) >= 11 is 0. The van der Waals surface area contributed by atoms with Crippen molar-refractivity contribution in [2.75, 3.05) is 19.8 Å². The Labute approximate surface area is 153 Å². The van der Waals surface area contributed by atoms with E-state index in [1.165, 1.54) is 5.56 Å². The SMILES string of the molecule is C=CC[N+]12CCCC3(CCC(=O)C4Cc5c(ccc(O)c5O4)CC31)OC2. The summed E-state index contributed by atoms with van der Waals surface area (Å²) in [4.78, 5) is 12.8. The molecule has 3 heterocycles. The zero-order valence-electron chi connectivity index (χ0n) is 15.1. The fourth-order valence-corrected chi connectivity index (χ4v) is 5.82. The van der Waals surface area contributed by atoms with Gasteiger partial charge in [-0.3, -0.25) is 9.28 Å². The van der Waals surface area contributed by atoms with Gasteiger partial charge in [-0.25, -0.2) is 0 Å². The molecule has 26 heavy (non-hydrogen) atoms. The van der Waals surface area contributed by atoms with E-state index in [-0.39, 0.29) is 17.1 Å². The first-order valence-electron chi connectivity index (χ1n) is 9.71. The highest BCUT2D eigenvalue weighted by Gasteiger charge is 2.61. The van der Waals surface area contributed by atoms with Crippen molar-refractivity contribution in [3.05, 3.63) is 35.9 Å². The molecule has 4 unspecified atom stereocenters. The molecular formula is C21H26NO4+. The first kappa shape index (κ1) is 16.3. The zero-order valence-corrected chi connectivity index (χ0v) is 15.1. The Kier molecular flexibility index (Phi) is 3.50. The number of quaternary nitrogens is 1. The van der Waals surface area contributed by atoms with Crippen LogP contribution in [0.2, 0.25) is 0 Å². The highest BCUT2D eigenvalue weighted by Crippen LogP contribution is 2.49. The van der Waals surface area contributed by atoms with Crippen LogP contribution in [0.15, 0.2) is 24.8 Å². The van der Waals surface area contributed by atoms with E-state index in [2.05, 4.69) is 6.58 Å². The molecule has 0 saturated carbocycles. The van der Waals surface area contributed by atoms with E-state index in [4.69, 9.17) is 9.47 Å². The van der Waals surface area contributed by atoms with Gasteiger partial charge < -0.3 is 14.6 Å². The molecule has 5 rings (SSSR count). The molecule has 4 aliphatic rings. The highest BCUT2D eigenvalue weighted by atomic mass is 16.5. The van der Waals surface area contributed by atoms with Crippen LogP contribution < -0.4 is 4.74 Å². The second kappa shape index (κ2) is 5.57. The van der Waals surface area contributed by atoms with Crippen LogP contribution in [-0.2, 0) is 22.4 Å². The Hall–Kier alpha value is -1.85. The minimum atomic E-state index is -0.456. The van der Waals surface area contributed by atoms with Gasteiger partial charge in [-0.05, 0) is 37.0 Å². The van der Waals surface area contributed by atoms with Crippen molar-refractivity contribution in [1.29, 1.82) is 0 Å². The fraction of sp³-hybridized carbons (Fsp3) is 0.571. The minimum absolute atomic E-state index is 0.129. The molecule has 1 aromatic carbocycles. The van der Waals surface area contributed by atoms with Crippen LogP contribution in [0, 0.1) is 0 Å². The molecule has 0 radical (unpaired) electrons. The third kappa shape index (κ3) is 2.13. The van der Waals surface area contributed by atoms with Crippen molar-refractivity contribution in [2.45, 2.75) is 56.3 Å². The average Bonchev–Trinajstić information content (AvgIpc) is 3.14. The van der Waals surface area contributed by atoms with E-state index in [0.717, 1.165) is 48.8 Å². The quantitative estimate of drug-likeness (QED) is 0.653. The number of rotatable bonds is 2. The van der Waals surface area contributed by atoms with E-state index in [1.807, 2.05) is 12.1 Å². The third-order valence-electron chi connectivity index (χ3n) is 7.13. The van der Waals surface area contributed by atoms with Crippen LogP contribution in [0.25, 0.3) is 0 Å². The summed E-state index contributed by atoms with van der Waals surface area (Å²) in [7, 11) is 0. The molecule has 1 N–H and O–H groups in total. The number of phenolic OH excluding ortho intramolecular Hbond substituents is 1. The first-order valence-corrected chi connectivity index (χ1v) is 9.71. The van der Waals surface area contributed by atoms with Gasteiger partial charge in [0.2, 0.25) is 0 Å². The van der Waals surface area contributed by atoms with Gasteiger partial charge in [-0.2, -0.15) is 0 Å². The van der Waals surface area contributed by atoms with Gasteiger partial charge in [0.1, 0.15) is 11.6 Å². The smallest absolute Gasteiger partial charge is 0.184 e. The fourth-order valence-electron chi connectivity index (χ4n) is 5.82. The summed E-state index contributed by atoms with van der Waals surface area (Å²) in [5, 5.41) is 10.2. The van der Waals surface area contributed by atoms with Crippen molar-refractivity contribution >= 4 is 5.78 Å². The number of piperidine rings is 1. The summed E-state index contributed by atoms with van der Waals surface area (Å²) < 4.78 is 13.3. The lowest BCUT2D eigenvalue weighted by Crippen LogP contribution is -2.62. The number of carbonyl (C=O) groups is 1. The number of ketones is 1. The second-order valence-corrected chi connectivity index (χ2v) is 8.40. The third-order valence-corrected chi connectivity index (χ3v) is 7.13. The van der Waals surface area contributed by atoms with Crippen LogP contribution in [0.3, 0.4) is 0 Å². The molecule has 4 bridgehead atoms. The van der Waals surface area contributed by atoms with Crippen LogP contribution in [0.5, 0.6) is 11.5 Å². The van der Waals surface area contributed by atoms with E-state index in [9.17, 15) is 9.90 Å². The first-order chi connectivity index (χ1) is 12.6. The summed E-state index contributed by atoms with van der Waals surface area (Å²) in [6.45, 7) is 6.71. The van der Waals surface area contributed by atoms with Crippen molar-refractivity contribution in [3.63, 3.8) is 0 Å². The molecule has 0 spiro atoms. The summed E-state index contributed by atoms with van der Waals surface area (Å²) in [5.41, 5.74) is 1.99. The molecule has 1 aliphatic carbocycles. The molecule has 1 aromatic rings. The molecule has 4 atom stereocenters. The van der Waals surface area contributed by atoms with Gasteiger partial charge in [0.05, 0.1) is 13.1 Å². The second-order valence-electron chi connectivity index (χ2n) is 8.40. The lowest BCUT2D eigenvalue weighted by atomic mass is 9.75. The number of carbonyl (C=O) groups excluding carboxylic acids is 1. The average molecular weight is 356 g/mol. The number of phenols is 1. The number of hydrogen-bond donors (Lipinski definition) is 1. The number of hydrogen-bond acceptors (Lipinski definition) is 4. The number of aromatic hydroxyl groups is 1. The Morgan fingerprint density at radius 3 is 3.08 bits per heavy atom. The molecule has 5 nitrogen and oxygen atoms in total. The number of ether oxygens (including phenoxy) is 2. The van der Waals surface area contributed by atoms with Crippen LogP contribution in [0.1, 0.15) is 36.8 Å². The van der Waals surface area contributed by atoms with Gasteiger partial charge >= 0.3 is 0 Å². The lowest BCUT2D eigenvalue weighted by molar-refractivity contribution is -0.945. The van der Waals surface area contributed by atoms with Crippen molar-refractivity contribution in [1.82, 2.24) is 0 Å². The summed E-state index contributed by atoms with van der Waals surface area (Å²) in [6, 6.07) is 4.05. The van der Waals surface area contributed by atoms with E-state index in [1.54, 1.807) is 6.07 Å². The van der Waals surface area contributed by atoms with Crippen molar-refractivity contribution in [3.8, 4) is 11.5 Å². The standard InChI is InChI=1S/C21H25NO4/c1-2-9-22-10-3-7-21(25-13-22)8-6-16(23)18-12-15-14(11-19(21)22)4-5-17(24)20(15)26-18/h2,4-5,18-19H,1,3,6-13H2/p+1. The number of benzene rings is 1. The van der Waals surface area contributed by atoms with E-state index in [0.29, 0.717) is 31.4 Å². The lowest BCUT2D eigenvalue weighted by Gasteiger charge is -2.46. The predicted molar refractivity (Wildman–Crippen MR) is 96.1 cm³/mol. The predicted octanol–water partition coefficient (Wildman–Crippen LogP) is 2.49. The van der Waals surface area contributed by atoms with Gasteiger partial charge in [-0.1, -0.05) is 12.6 Å². The maximum absolute atomic E-state index is 12.8. The molecule has 2 saturated heterocycles. The topological polar surface area (TPSA) is 55.8 Å². The van der Waals surface area contributed by atoms with Gasteiger partial charge in [0, 0.05) is 24.8 Å². The van der Waals surface area contributed by atoms with Crippen molar-refractivity contribution in [2.24, 2.45) is 0 Å². The summed E-state index contributed by atoms with van der Waals surface area (Å²) in [5.74, 6) is 0.793. The maximum atomic E-state index is 12.8. The van der Waals surface area contributed by atoms with Gasteiger partial charge in [-0.15, -0.1) is 0 Å². The molecule has 0 aromatic heterocycles. The van der Waals surface area contributed by atoms with E-state index < -0.39 is 6.10 Å². The van der Waals surface area contributed by atoms with Gasteiger partial charge in [0.25, 0.3) is 0 Å². The largest absolute Gasteiger partial charge is 0.504 e. The molecule has 5 heteroatoms. The Bertz CT molecular complexity index is 790. The van der Waals surface area contributed by atoms with Crippen LogP contribution in [-0.4, -0.2) is 52.9 Å². The van der Waals surface area contributed by atoms with Crippen LogP contribution >= 0.6 is 0 Å². The molecule has 138 valence electrons. The normalized spacial score (nSPS) is 37.8. The Morgan fingerprint density at radius 1 is 1.35 bits per heavy atom. The number of fused-ring (bicyclic) bond motifs is 1. The molecular weight excluding hydrogens is 330 g/mol. The zero-order chi connectivity index (χ0) is 17.9. The maximum Gasteiger partial charge on any atom is 0.184 e. The summed E-state index contributed by atoms with van der Waals surface area (Å²) in [6.07, 6.45) is 6.45. The monoisotopic (exact) mass is 356 g/mol. The highest BCUT2D eigenvalue weighted by molar-refractivity contribution is 5.85.